The molecule has 3 unspecified atom stereocenters. The first-order chi connectivity index (χ1) is 11.1. The van der Waals surface area contributed by atoms with Crippen molar-refractivity contribution in [2.24, 2.45) is 11.8 Å². The number of carbonyl (C=O) groups is 3. The quantitative estimate of drug-likeness (QED) is 0.878. The Balaban J connectivity index is 1.79. The highest BCUT2D eigenvalue weighted by atomic mass is 32.1. The molecule has 2 N–H and O–H groups in total. The molecule has 1 saturated carbocycles. The molecule has 3 rings (SSSR count). The lowest BCUT2D eigenvalue weighted by molar-refractivity contribution is -0.150. The maximum absolute atomic E-state index is 12.9. The molecule has 2 aliphatic rings. The van der Waals surface area contributed by atoms with Gasteiger partial charge in [-0.2, -0.15) is 0 Å². The van der Waals surface area contributed by atoms with E-state index in [0.717, 1.165) is 11.3 Å². The molecule has 2 fully saturated rings. The summed E-state index contributed by atoms with van der Waals surface area (Å²) in [7, 11) is 0. The van der Waals surface area contributed by atoms with E-state index in [-0.39, 0.29) is 17.7 Å². The number of nitrogens with one attached hydrogen (secondary N) is 1. The summed E-state index contributed by atoms with van der Waals surface area (Å²) in [4.78, 5) is 38.9. The molecular formula is C16H20N2O4S. The summed E-state index contributed by atoms with van der Waals surface area (Å²) >= 11 is 1.46. The molecule has 1 aromatic rings. The lowest BCUT2D eigenvalue weighted by Crippen LogP contribution is -2.53. The Kier molecular flexibility index (Phi) is 4.66. The highest BCUT2D eigenvalue weighted by molar-refractivity contribution is 7.10. The van der Waals surface area contributed by atoms with Gasteiger partial charge in [-0.1, -0.05) is 12.5 Å². The van der Waals surface area contributed by atoms with E-state index in [0.29, 0.717) is 32.4 Å². The fourth-order valence-electron chi connectivity index (χ4n) is 3.51. The van der Waals surface area contributed by atoms with Crippen LogP contribution in [-0.2, 0) is 14.4 Å². The molecule has 1 aromatic heterocycles. The van der Waals surface area contributed by atoms with Crippen molar-refractivity contribution >= 4 is 29.1 Å². The molecule has 1 aliphatic carbocycles. The van der Waals surface area contributed by atoms with Crippen LogP contribution in [0.3, 0.4) is 0 Å². The molecule has 0 bridgehead atoms. The molecule has 7 heteroatoms. The second-order valence-corrected chi connectivity index (χ2v) is 7.12. The van der Waals surface area contributed by atoms with Gasteiger partial charge in [-0.05, 0) is 30.7 Å². The molecule has 1 aliphatic heterocycles. The smallest absolute Gasteiger partial charge is 0.306 e. The first-order valence-electron chi connectivity index (χ1n) is 7.92. The van der Waals surface area contributed by atoms with E-state index >= 15 is 0 Å². The van der Waals surface area contributed by atoms with E-state index in [4.69, 9.17) is 0 Å². The van der Waals surface area contributed by atoms with Crippen molar-refractivity contribution in [1.82, 2.24) is 10.2 Å². The number of carboxylic acid groups (broad SMARTS) is 1. The molecule has 1 saturated heterocycles. The molecular weight excluding hydrogens is 316 g/mol. The maximum Gasteiger partial charge on any atom is 0.306 e. The lowest BCUT2D eigenvalue weighted by Gasteiger charge is -2.38. The van der Waals surface area contributed by atoms with Crippen LogP contribution >= 0.6 is 11.3 Å². The van der Waals surface area contributed by atoms with Crippen LogP contribution < -0.4 is 5.32 Å². The predicted molar refractivity (Wildman–Crippen MR) is 84.9 cm³/mol. The van der Waals surface area contributed by atoms with Gasteiger partial charge in [0.25, 0.3) is 0 Å². The third-order valence-electron chi connectivity index (χ3n) is 4.68. The number of carbonyl (C=O) groups excluding carboxylic acids is 2. The standard InChI is InChI=1S/C16H20N2O4S/c19-14-13(12-5-2-8-23-12)18(7-6-17-14)15(20)10-3-1-4-11(9-10)16(21)22/h2,5,8,10-11,13H,1,3-4,6-7,9H2,(H,17,19)(H,21,22). The van der Waals surface area contributed by atoms with Gasteiger partial charge in [0, 0.05) is 23.9 Å². The van der Waals surface area contributed by atoms with Gasteiger partial charge in [0.2, 0.25) is 11.8 Å². The number of carboxylic acids is 1. The summed E-state index contributed by atoms with van der Waals surface area (Å²) in [5, 5.41) is 13.9. The SMILES string of the molecule is O=C(O)C1CCCC(C(=O)N2CCNC(=O)C2c2cccs2)C1. The van der Waals surface area contributed by atoms with Crippen molar-refractivity contribution in [3.05, 3.63) is 22.4 Å². The Morgan fingerprint density at radius 2 is 2.09 bits per heavy atom. The fraction of sp³-hybridized carbons (Fsp3) is 0.562. The minimum absolute atomic E-state index is 0.0794. The summed E-state index contributed by atoms with van der Waals surface area (Å²) in [5.74, 6) is -1.80. The van der Waals surface area contributed by atoms with Crippen LogP contribution in [0.25, 0.3) is 0 Å². The zero-order valence-electron chi connectivity index (χ0n) is 12.7. The Morgan fingerprint density at radius 1 is 1.30 bits per heavy atom. The highest BCUT2D eigenvalue weighted by Gasteiger charge is 2.40. The van der Waals surface area contributed by atoms with E-state index in [1.54, 1.807) is 4.90 Å². The molecule has 124 valence electrons. The van der Waals surface area contributed by atoms with Crippen molar-refractivity contribution in [3.8, 4) is 0 Å². The second-order valence-electron chi connectivity index (χ2n) is 6.14. The van der Waals surface area contributed by atoms with Crippen molar-refractivity contribution in [1.29, 1.82) is 0 Å². The van der Waals surface area contributed by atoms with E-state index < -0.39 is 17.9 Å². The highest BCUT2D eigenvalue weighted by Crippen LogP contribution is 2.34. The Labute approximate surface area is 138 Å². The maximum atomic E-state index is 12.9. The third kappa shape index (κ3) is 3.24. The van der Waals surface area contributed by atoms with Crippen molar-refractivity contribution < 1.29 is 19.5 Å². The van der Waals surface area contributed by atoms with E-state index in [1.807, 2.05) is 17.5 Å². The Bertz CT molecular complexity index is 601. The van der Waals surface area contributed by atoms with Crippen LogP contribution in [0.15, 0.2) is 17.5 Å². The van der Waals surface area contributed by atoms with Gasteiger partial charge < -0.3 is 15.3 Å². The van der Waals surface area contributed by atoms with Crippen LogP contribution in [0, 0.1) is 11.8 Å². The number of amides is 2. The number of nitrogens with zero attached hydrogens (tertiary/aromatic N) is 1. The van der Waals surface area contributed by atoms with E-state index in [1.165, 1.54) is 11.3 Å². The minimum Gasteiger partial charge on any atom is -0.481 e. The van der Waals surface area contributed by atoms with Crippen LogP contribution in [0.5, 0.6) is 0 Å². The average Bonchev–Trinajstić information content (AvgIpc) is 3.08. The van der Waals surface area contributed by atoms with Gasteiger partial charge in [0.15, 0.2) is 0 Å². The molecule has 3 atom stereocenters. The summed E-state index contributed by atoms with van der Waals surface area (Å²) in [6.07, 6.45) is 2.46. The summed E-state index contributed by atoms with van der Waals surface area (Å²) in [5.41, 5.74) is 0. The molecule has 0 spiro atoms. The molecule has 23 heavy (non-hydrogen) atoms. The van der Waals surface area contributed by atoms with Crippen LogP contribution in [-0.4, -0.2) is 40.9 Å². The van der Waals surface area contributed by atoms with Gasteiger partial charge in [-0.15, -0.1) is 11.3 Å². The minimum atomic E-state index is -0.825. The topological polar surface area (TPSA) is 86.7 Å². The summed E-state index contributed by atoms with van der Waals surface area (Å²) < 4.78 is 0. The normalized spacial score (nSPS) is 28.3. The first-order valence-corrected chi connectivity index (χ1v) is 8.80. The molecule has 6 nitrogen and oxygen atoms in total. The predicted octanol–water partition coefficient (Wildman–Crippen LogP) is 1.64. The van der Waals surface area contributed by atoms with Crippen molar-refractivity contribution in [2.45, 2.75) is 31.7 Å². The Hall–Kier alpha value is -1.89. The number of aliphatic carboxylic acids is 1. The average molecular weight is 336 g/mol. The number of rotatable bonds is 3. The summed E-state index contributed by atoms with van der Waals surface area (Å²) in [6.45, 7) is 0.920. The molecule has 2 amide bonds. The van der Waals surface area contributed by atoms with Crippen LogP contribution in [0.2, 0.25) is 0 Å². The Morgan fingerprint density at radius 3 is 2.78 bits per heavy atom. The molecule has 2 heterocycles. The van der Waals surface area contributed by atoms with Crippen LogP contribution in [0.1, 0.15) is 36.6 Å². The third-order valence-corrected chi connectivity index (χ3v) is 5.61. The molecule has 0 aromatic carbocycles. The number of piperazine rings is 1. The number of thiophene rings is 1. The van der Waals surface area contributed by atoms with Gasteiger partial charge >= 0.3 is 5.97 Å². The second kappa shape index (κ2) is 6.70. The van der Waals surface area contributed by atoms with Crippen molar-refractivity contribution in [2.75, 3.05) is 13.1 Å². The number of hydrogen-bond acceptors (Lipinski definition) is 4. The van der Waals surface area contributed by atoms with Crippen LogP contribution in [0.4, 0.5) is 0 Å². The monoisotopic (exact) mass is 336 g/mol. The zero-order valence-corrected chi connectivity index (χ0v) is 13.6. The van der Waals surface area contributed by atoms with E-state index in [9.17, 15) is 19.5 Å². The summed E-state index contributed by atoms with van der Waals surface area (Å²) in [6, 6.07) is 3.15. The van der Waals surface area contributed by atoms with Gasteiger partial charge in [-0.25, -0.2) is 0 Å². The zero-order chi connectivity index (χ0) is 16.4. The largest absolute Gasteiger partial charge is 0.481 e. The first kappa shape index (κ1) is 16.0. The van der Waals surface area contributed by atoms with E-state index in [2.05, 4.69) is 5.32 Å². The lowest BCUT2D eigenvalue weighted by atomic mass is 9.80. The van der Waals surface area contributed by atoms with Gasteiger partial charge in [0.1, 0.15) is 6.04 Å². The van der Waals surface area contributed by atoms with Gasteiger partial charge in [-0.3, -0.25) is 14.4 Å². The fourth-order valence-corrected chi connectivity index (χ4v) is 4.34. The number of hydrogen-bond donors (Lipinski definition) is 2. The van der Waals surface area contributed by atoms with Gasteiger partial charge in [0.05, 0.1) is 5.92 Å². The van der Waals surface area contributed by atoms with Crippen molar-refractivity contribution in [3.63, 3.8) is 0 Å². The molecule has 0 radical (unpaired) electrons.